The van der Waals surface area contributed by atoms with E-state index in [1.165, 1.54) is 16.8 Å². The Morgan fingerprint density at radius 1 is 0.931 bits per heavy atom. The van der Waals surface area contributed by atoms with Gasteiger partial charge in [-0.1, -0.05) is 13.3 Å². The van der Waals surface area contributed by atoms with Crippen molar-refractivity contribution in [2.45, 2.75) is 32.7 Å². The predicted molar refractivity (Wildman–Crippen MR) is 113 cm³/mol. The zero-order valence-electron chi connectivity index (χ0n) is 17.6. The summed E-state index contributed by atoms with van der Waals surface area (Å²) in [4.78, 5) is 0. The fraction of sp³-hybridized carbons (Fsp3) is 0.375. The highest BCUT2D eigenvalue weighted by molar-refractivity contribution is 5.91. The molecule has 5 nitrogen and oxygen atoms in total. The van der Waals surface area contributed by atoms with Gasteiger partial charge in [-0.15, -0.1) is 0 Å². The van der Waals surface area contributed by atoms with Gasteiger partial charge in [0.15, 0.2) is 35.7 Å². The maximum absolute atomic E-state index is 6.03. The zero-order valence-corrected chi connectivity index (χ0v) is 17.6. The van der Waals surface area contributed by atoms with Crippen molar-refractivity contribution in [2.75, 3.05) is 27.9 Å². The molecule has 0 bridgehead atoms. The van der Waals surface area contributed by atoms with Gasteiger partial charge in [-0.2, -0.15) is 4.57 Å². The van der Waals surface area contributed by atoms with Crippen LogP contribution in [-0.2, 0) is 13.0 Å². The molecule has 3 aromatic rings. The second-order valence-electron chi connectivity index (χ2n) is 7.27. The van der Waals surface area contributed by atoms with Crippen molar-refractivity contribution in [3.63, 3.8) is 0 Å². The van der Waals surface area contributed by atoms with Gasteiger partial charge in [0.1, 0.15) is 0 Å². The van der Waals surface area contributed by atoms with E-state index in [4.69, 9.17) is 18.9 Å². The minimum Gasteiger partial charge on any atom is -0.493 e. The van der Waals surface area contributed by atoms with Crippen molar-refractivity contribution in [1.82, 2.24) is 0 Å². The molecular weight excluding hydrogens is 366 g/mol. The summed E-state index contributed by atoms with van der Waals surface area (Å²) >= 11 is 0. The number of methoxy groups -OCH3 is 3. The third-order valence-corrected chi connectivity index (χ3v) is 5.55. The molecule has 4 rings (SSSR count). The van der Waals surface area contributed by atoms with E-state index in [-0.39, 0.29) is 0 Å². The molecule has 0 unspecified atom stereocenters. The van der Waals surface area contributed by atoms with E-state index >= 15 is 0 Å². The normalized spacial score (nSPS) is 12.3. The van der Waals surface area contributed by atoms with E-state index < -0.39 is 0 Å². The lowest BCUT2D eigenvalue weighted by Gasteiger charge is -2.19. The Morgan fingerprint density at radius 2 is 1.76 bits per heavy atom. The lowest BCUT2D eigenvalue weighted by molar-refractivity contribution is -0.686. The number of hydrogen-bond acceptors (Lipinski definition) is 4. The number of benzene rings is 2. The first-order valence-electron chi connectivity index (χ1n) is 10.1. The molecule has 5 heteroatoms. The van der Waals surface area contributed by atoms with E-state index in [2.05, 4.69) is 42.0 Å². The van der Waals surface area contributed by atoms with Crippen molar-refractivity contribution in [2.24, 2.45) is 0 Å². The molecule has 1 aliphatic heterocycles. The molecule has 2 heterocycles. The van der Waals surface area contributed by atoms with Gasteiger partial charge in [0, 0.05) is 12.5 Å². The second-order valence-corrected chi connectivity index (χ2v) is 7.27. The van der Waals surface area contributed by atoms with Crippen molar-refractivity contribution >= 4 is 10.8 Å². The number of unbranched alkanes of at least 4 members (excludes halogenated alkanes) is 1. The topological polar surface area (TPSA) is 40.8 Å². The van der Waals surface area contributed by atoms with Crippen LogP contribution in [0.3, 0.4) is 0 Å². The molecule has 0 spiro atoms. The summed E-state index contributed by atoms with van der Waals surface area (Å²) in [6.07, 6.45) is 5.23. The highest BCUT2D eigenvalue weighted by Crippen LogP contribution is 2.40. The van der Waals surface area contributed by atoms with Crippen LogP contribution < -0.4 is 23.5 Å². The largest absolute Gasteiger partial charge is 0.493 e. The average molecular weight is 394 g/mol. The van der Waals surface area contributed by atoms with E-state index in [0.29, 0.717) is 6.61 Å². The Balaban J connectivity index is 1.84. The summed E-state index contributed by atoms with van der Waals surface area (Å²) in [6, 6.07) is 10.5. The summed E-state index contributed by atoms with van der Waals surface area (Å²) in [7, 11) is 5.05. The van der Waals surface area contributed by atoms with Crippen molar-refractivity contribution in [1.29, 1.82) is 0 Å². The molecule has 0 fully saturated rings. The van der Waals surface area contributed by atoms with Gasteiger partial charge in [0.25, 0.3) is 0 Å². The monoisotopic (exact) mass is 394 g/mol. The van der Waals surface area contributed by atoms with Gasteiger partial charge in [-0.05, 0) is 41.6 Å². The molecule has 1 aliphatic rings. The Kier molecular flexibility index (Phi) is 5.47. The van der Waals surface area contributed by atoms with Gasteiger partial charge < -0.3 is 18.9 Å². The highest BCUT2D eigenvalue weighted by Gasteiger charge is 2.27. The second kappa shape index (κ2) is 8.19. The fourth-order valence-corrected chi connectivity index (χ4v) is 3.99. The molecule has 29 heavy (non-hydrogen) atoms. The Bertz CT molecular complexity index is 1040. The first-order valence-corrected chi connectivity index (χ1v) is 10.1. The molecule has 2 aromatic carbocycles. The van der Waals surface area contributed by atoms with Crippen LogP contribution in [-0.4, -0.2) is 27.9 Å². The van der Waals surface area contributed by atoms with E-state index in [9.17, 15) is 0 Å². The maximum Gasteiger partial charge on any atom is 0.213 e. The van der Waals surface area contributed by atoms with Crippen LogP contribution in [0.4, 0.5) is 0 Å². The summed E-state index contributed by atoms with van der Waals surface area (Å²) < 4.78 is 25.0. The number of hydrogen-bond donors (Lipinski definition) is 0. The fourth-order valence-electron chi connectivity index (χ4n) is 3.99. The van der Waals surface area contributed by atoms with Gasteiger partial charge in [0.05, 0.1) is 38.9 Å². The maximum atomic E-state index is 6.03. The average Bonchev–Trinajstić information content (AvgIpc) is 2.76. The molecule has 0 radical (unpaired) electrons. The lowest BCUT2D eigenvalue weighted by Crippen LogP contribution is -2.40. The van der Waals surface area contributed by atoms with Gasteiger partial charge in [-0.25, -0.2) is 0 Å². The van der Waals surface area contributed by atoms with Crippen LogP contribution in [0.5, 0.6) is 23.0 Å². The smallest absolute Gasteiger partial charge is 0.213 e. The third kappa shape index (κ3) is 3.46. The van der Waals surface area contributed by atoms with Crippen LogP contribution in [0.25, 0.3) is 22.0 Å². The molecular formula is C24H28NO4+. The zero-order chi connectivity index (χ0) is 20.4. The first kappa shape index (κ1) is 19.4. The Morgan fingerprint density at radius 3 is 2.48 bits per heavy atom. The predicted octanol–water partition coefficient (Wildman–Crippen LogP) is 4.56. The third-order valence-electron chi connectivity index (χ3n) is 5.55. The van der Waals surface area contributed by atoms with Gasteiger partial charge >= 0.3 is 0 Å². The number of aryl methyl sites for hydroxylation is 2. The Hall–Kier alpha value is -2.95. The quantitative estimate of drug-likeness (QED) is 0.435. The summed E-state index contributed by atoms with van der Waals surface area (Å²) in [5.41, 5.74) is 3.65. The summed E-state index contributed by atoms with van der Waals surface area (Å²) in [5, 5.41) is 2.16. The minimum atomic E-state index is 0.695. The van der Waals surface area contributed by atoms with Crippen LogP contribution in [0.2, 0.25) is 0 Å². The number of fused-ring (bicyclic) bond motifs is 4. The van der Waals surface area contributed by atoms with Gasteiger partial charge in [0.2, 0.25) is 5.69 Å². The molecule has 0 atom stereocenters. The molecule has 1 aromatic heterocycles. The number of pyridine rings is 1. The van der Waals surface area contributed by atoms with Crippen molar-refractivity contribution in [3.8, 4) is 34.3 Å². The molecule has 0 saturated carbocycles. The van der Waals surface area contributed by atoms with E-state index in [1.807, 2.05) is 6.07 Å². The standard InChI is InChI=1S/C24H28NO4/c1-5-6-11-29-23-14-18-17(13-22(23)27-3)9-10-25-15-19-16(12-20(18)25)7-8-21(26-2)24(19)28-4/h7-8,12-15H,5-6,9-11H2,1-4H3/q+1. The molecule has 0 saturated heterocycles. The molecule has 0 amide bonds. The van der Waals surface area contributed by atoms with Gasteiger partial charge in [-0.3, -0.25) is 0 Å². The number of aromatic nitrogens is 1. The lowest BCUT2D eigenvalue weighted by atomic mass is 9.95. The number of ether oxygens (including phenoxy) is 4. The first-order chi connectivity index (χ1) is 14.2. The van der Waals surface area contributed by atoms with E-state index in [0.717, 1.165) is 59.6 Å². The van der Waals surface area contributed by atoms with Crippen LogP contribution in [0.1, 0.15) is 25.3 Å². The van der Waals surface area contributed by atoms with Crippen LogP contribution in [0.15, 0.2) is 36.5 Å². The number of nitrogens with zero attached hydrogens (tertiary/aromatic N) is 1. The highest BCUT2D eigenvalue weighted by atomic mass is 16.5. The van der Waals surface area contributed by atoms with Crippen molar-refractivity contribution < 1.29 is 23.5 Å². The van der Waals surface area contributed by atoms with E-state index in [1.54, 1.807) is 21.3 Å². The molecule has 0 N–H and O–H groups in total. The van der Waals surface area contributed by atoms with Crippen molar-refractivity contribution in [3.05, 3.63) is 42.1 Å². The summed E-state index contributed by atoms with van der Waals surface area (Å²) in [5.74, 6) is 3.12. The minimum absolute atomic E-state index is 0.695. The molecule has 0 aliphatic carbocycles. The van der Waals surface area contributed by atoms with Crippen LogP contribution >= 0.6 is 0 Å². The SMILES string of the molecule is CCCCOc1cc2c(cc1OC)CC[n+]1cc3c(OC)c(OC)ccc3cc1-2. The molecule has 152 valence electrons. The summed E-state index contributed by atoms with van der Waals surface area (Å²) in [6.45, 7) is 3.76. The van der Waals surface area contributed by atoms with Crippen LogP contribution in [0, 0.1) is 0 Å². The Labute approximate surface area is 171 Å². The number of rotatable bonds is 7.